The van der Waals surface area contributed by atoms with Crippen molar-refractivity contribution in [1.29, 1.82) is 0 Å². The molecule has 1 N–H and O–H groups in total. The highest BCUT2D eigenvalue weighted by Crippen LogP contribution is 2.29. The number of rotatable bonds is 1. The van der Waals surface area contributed by atoms with Gasteiger partial charge < -0.3 is 0 Å². The Kier molecular flexibility index (Phi) is 2.17. The molecule has 1 aliphatic carbocycles. The molecular formula is C10H9O3S. The molecule has 1 aromatic rings. The average Bonchev–Trinajstić information content (AvgIpc) is 2.15. The van der Waals surface area contributed by atoms with Gasteiger partial charge in [-0.3, -0.25) is 4.55 Å². The third-order valence-electron chi connectivity index (χ3n) is 2.23. The van der Waals surface area contributed by atoms with Gasteiger partial charge in [0, 0.05) is 0 Å². The maximum absolute atomic E-state index is 11.0. The summed E-state index contributed by atoms with van der Waals surface area (Å²) in [7, 11) is -4.08. The van der Waals surface area contributed by atoms with Gasteiger partial charge in [0.25, 0.3) is 10.1 Å². The topological polar surface area (TPSA) is 54.4 Å². The van der Waals surface area contributed by atoms with E-state index in [1.165, 1.54) is 0 Å². The zero-order chi connectivity index (χ0) is 10.2. The van der Waals surface area contributed by atoms with Crippen LogP contribution in [0, 0.1) is 6.08 Å². The van der Waals surface area contributed by atoms with Crippen molar-refractivity contribution in [3.63, 3.8) is 0 Å². The highest BCUT2D eigenvalue weighted by molar-refractivity contribution is 7.86. The van der Waals surface area contributed by atoms with Gasteiger partial charge in [-0.2, -0.15) is 8.42 Å². The molecule has 4 heteroatoms. The van der Waals surface area contributed by atoms with Crippen molar-refractivity contribution in [2.45, 2.75) is 11.7 Å². The minimum Gasteiger partial charge on any atom is -0.285 e. The summed E-state index contributed by atoms with van der Waals surface area (Å²) in [4.78, 5) is 0. The second kappa shape index (κ2) is 3.22. The van der Waals surface area contributed by atoms with E-state index in [1.54, 1.807) is 18.2 Å². The lowest BCUT2D eigenvalue weighted by Crippen LogP contribution is -2.14. The van der Waals surface area contributed by atoms with Crippen molar-refractivity contribution in [1.82, 2.24) is 0 Å². The van der Waals surface area contributed by atoms with Crippen molar-refractivity contribution in [3.8, 4) is 0 Å². The smallest absolute Gasteiger partial charge is 0.276 e. The molecule has 1 aliphatic rings. The summed E-state index contributed by atoms with van der Waals surface area (Å²) in [5.41, 5.74) is 1.55. The number of allylic oxidation sites excluding steroid dienone is 1. The molecule has 0 spiro atoms. The van der Waals surface area contributed by atoms with Gasteiger partial charge in [-0.25, -0.2) is 0 Å². The Morgan fingerprint density at radius 3 is 2.79 bits per heavy atom. The van der Waals surface area contributed by atoms with Crippen molar-refractivity contribution < 1.29 is 13.0 Å². The van der Waals surface area contributed by atoms with Crippen LogP contribution in [0.2, 0.25) is 0 Å². The van der Waals surface area contributed by atoms with Crippen LogP contribution in [0.5, 0.6) is 0 Å². The predicted molar refractivity (Wildman–Crippen MR) is 52.2 cm³/mol. The molecule has 1 atom stereocenters. The maximum atomic E-state index is 11.0. The summed E-state index contributed by atoms with van der Waals surface area (Å²) in [5.74, 6) is 0. The Bertz CT molecular complexity index is 474. The molecule has 3 nitrogen and oxygen atoms in total. The van der Waals surface area contributed by atoms with E-state index in [0.717, 1.165) is 5.56 Å². The van der Waals surface area contributed by atoms with Crippen LogP contribution in [0.3, 0.4) is 0 Å². The first kappa shape index (κ1) is 9.43. The van der Waals surface area contributed by atoms with Crippen LogP contribution < -0.4 is 0 Å². The van der Waals surface area contributed by atoms with Gasteiger partial charge in [-0.15, -0.1) is 0 Å². The molecule has 1 unspecified atom stereocenters. The summed E-state index contributed by atoms with van der Waals surface area (Å²) < 4.78 is 31.0. The van der Waals surface area contributed by atoms with E-state index >= 15 is 0 Å². The van der Waals surface area contributed by atoms with Crippen molar-refractivity contribution in [2.75, 3.05) is 0 Å². The SMILES string of the molecule is O=S(=O)(O)C1[C]=CCc2ccccc21. The lowest BCUT2D eigenvalue weighted by Gasteiger charge is -2.17. The zero-order valence-electron chi connectivity index (χ0n) is 7.34. The van der Waals surface area contributed by atoms with Gasteiger partial charge in [0.1, 0.15) is 5.25 Å². The largest absolute Gasteiger partial charge is 0.285 e. The second-order valence-corrected chi connectivity index (χ2v) is 4.67. The Hall–Kier alpha value is -1.13. The number of hydrogen-bond acceptors (Lipinski definition) is 2. The van der Waals surface area contributed by atoms with Crippen molar-refractivity contribution in [2.24, 2.45) is 0 Å². The average molecular weight is 209 g/mol. The van der Waals surface area contributed by atoms with Crippen LogP contribution in [0.25, 0.3) is 0 Å². The monoisotopic (exact) mass is 209 g/mol. The number of hydrogen-bond donors (Lipinski definition) is 1. The van der Waals surface area contributed by atoms with Crippen LogP contribution in [0.15, 0.2) is 30.3 Å². The van der Waals surface area contributed by atoms with E-state index in [2.05, 4.69) is 6.08 Å². The van der Waals surface area contributed by atoms with Gasteiger partial charge in [0.2, 0.25) is 0 Å². The van der Waals surface area contributed by atoms with Crippen LogP contribution in [-0.2, 0) is 16.5 Å². The Balaban J connectivity index is 2.57. The van der Waals surface area contributed by atoms with Crippen LogP contribution in [-0.4, -0.2) is 13.0 Å². The Morgan fingerprint density at radius 2 is 2.07 bits per heavy atom. The van der Waals surface area contributed by atoms with Crippen LogP contribution >= 0.6 is 0 Å². The first-order chi connectivity index (χ1) is 6.59. The minimum absolute atomic E-state index is 0.623. The molecule has 0 bridgehead atoms. The molecule has 0 fully saturated rings. The van der Waals surface area contributed by atoms with E-state index in [0.29, 0.717) is 12.0 Å². The fourth-order valence-corrected chi connectivity index (χ4v) is 2.41. The third-order valence-corrected chi connectivity index (χ3v) is 3.21. The van der Waals surface area contributed by atoms with E-state index in [-0.39, 0.29) is 0 Å². The zero-order valence-corrected chi connectivity index (χ0v) is 8.16. The van der Waals surface area contributed by atoms with Crippen molar-refractivity contribution in [3.05, 3.63) is 47.5 Å². The molecule has 14 heavy (non-hydrogen) atoms. The van der Waals surface area contributed by atoms with E-state index in [4.69, 9.17) is 4.55 Å². The van der Waals surface area contributed by atoms with E-state index < -0.39 is 15.4 Å². The van der Waals surface area contributed by atoms with Gasteiger partial charge in [0.05, 0.1) is 0 Å². The molecule has 0 saturated carbocycles. The highest BCUT2D eigenvalue weighted by Gasteiger charge is 2.26. The van der Waals surface area contributed by atoms with Crippen LogP contribution in [0.1, 0.15) is 16.4 Å². The molecular weight excluding hydrogens is 200 g/mol. The van der Waals surface area contributed by atoms with Gasteiger partial charge in [-0.05, 0) is 23.6 Å². The maximum Gasteiger partial charge on any atom is 0.276 e. The third kappa shape index (κ3) is 1.58. The lowest BCUT2D eigenvalue weighted by atomic mass is 9.97. The van der Waals surface area contributed by atoms with Crippen LogP contribution in [0.4, 0.5) is 0 Å². The molecule has 0 aliphatic heterocycles. The predicted octanol–water partition coefficient (Wildman–Crippen LogP) is 1.53. The summed E-state index contributed by atoms with van der Waals surface area (Å²) in [6.45, 7) is 0. The fraction of sp³-hybridized carbons (Fsp3) is 0.200. The molecule has 0 heterocycles. The van der Waals surface area contributed by atoms with Gasteiger partial charge >= 0.3 is 0 Å². The molecule has 0 aromatic heterocycles. The molecule has 1 aromatic carbocycles. The summed E-state index contributed by atoms with van der Waals surface area (Å²) in [6, 6.07) is 7.15. The quantitative estimate of drug-likeness (QED) is 0.713. The normalized spacial score (nSPS) is 20.5. The molecule has 0 saturated heterocycles. The first-order valence-corrected chi connectivity index (χ1v) is 5.71. The van der Waals surface area contributed by atoms with Crippen molar-refractivity contribution >= 4 is 10.1 Å². The Labute approximate surface area is 82.8 Å². The highest BCUT2D eigenvalue weighted by atomic mass is 32.2. The molecule has 0 amide bonds. The number of benzene rings is 1. The minimum atomic E-state index is -4.08. The standard InChI is InChI=1S/C10H9O3S/c11-14(12,13)10-7-3-5-8-4-1-2-6-9(8)10/h1-4,6,10H,5H2,(H,11,12,13). The lowest BCUT2D eigenvalue weighted by molar-refractivity contribution is 0.474. The van der Waals surface area contributed by atoms with E-state index in [1.807, 2.05) is 12.1 Å². The van der Waals surface area contributed by atoms with Gasteiger partial charge in [0.15, 0.2) is 0 Å². The molecule has 2 rings (SSSR count). The number of fused-ring (bicyclic) bond motifs is 1. The second-order valence-electron chi connectivity index (χ2n) is 3.17. The summed E-state index contributed by atoms with van der Waals surface area (Å²) in [6.07, 6.45) is 4.96. The van der Waals surface area contributed by atoms with E-state index in [9.17, 15) is 8.42 Å². The van der Waals surface area contributed by atoms with Gasteiger partial charge in [-0.1, -0.05) is 30.3 Å². The first-order valence-electron chi connectivity index (χ1n) is 4.21. The molecule has 73 valence electrons. The fourth-order valence-electron chi connectivity index (χ4n) is 1.59. The molecule has 1 radical (unpaired) electrons. The summed E-state index contributed by atoms with van der Waals surface area (Å²) >= 11 is 0. The summed E-state index contributed by atoms with van der Waals surface area (Å²) in [5, 5.41) is -1.02. The Morgan fingerprint density at radius 1 is 1.36 bits per heavy atom.